The number of nitrogens with one attached hydrogen (secondary N) is 3. The maximum absolute atomic E-state index is 12.2. The van der Waals surface area contributed by atoms with E-state index in [1.54, 1.807) is 6.92 Å². The summed E-state index contributed by atoms with van der Waals surface area (Å²) >= 11 is 0. The number of ether oxygens (including phenoxy) is 1. The van der Waals surface area contributed by atoms with Gasteiger partial charge in [-0.2, -0.15) is 13.2 Å². The predicted molar refractivity (Wildman–Crippen MR) is 209 cm³/mol. The second kappa shape index (κ2) is 29.3. The second-order valence-corrected chi connectivity index (χ2v) is 14.5. The Balaban J connectivity index is 0. The van der Waals surface area contributed by atoms with Crippen molar-refractivity contribution in [2.45, 2.75) is 144 Å². The molecule has 0 bridgehead atoms. The summed E-state index contributed by atoms with van der Waals surface area (Å²) in [6.45, 7) is 16.2. The van der Waals surface area contributed by atoms with E-state index in [0.717, 1.165) is 31.4 Å². The number of likely N-dealkylation sites (tertiary alicyclic amines) is 1. The van der Waals surface area contributed by atoms with Crippen molar-refractivity contribution in [3.63, 3.8) is 0 Å². The molecular weight excluding hydrogens is 719 g/mol. The van der Waals surface area contributed by atoms with Crippen molar-refractivity contribution < 1.29 is 46.7 Å². The number of carbonyl (C=O) groups is 6. The number of likely N-dealkylation sites (N-methyl/N-ethyl adjacent to an activating group) is 1. The molecule has 55 heavy (non-hydrogen) atoms. The zero-order valence-corrected chi connectivity index (χ0v) is 34.4. The zero-order valence-electron chi connectivity index (χ0n) is 34.4. The number of alkyl halides is 3. The molecule has 5 N–H and O–H groups in total. The summed E-state index contributed by atoms with van der Waals surface area (Å²) in [5, 5.41) is 7.84. The molecule has 1 saturated heterocycles. The van der Waals surface area contributed by atoms with Crippen LogP contribution < -0.4 is 21.7 Å². The third kappa shape index (κ3) is 25.7. The third-order valence-electron chi connectivity index (χ3n) is 8.46. The summed E-state index contributed by atoms with van der Waals surface area (Å²) in [6.07, 6.45) is 5.50. The molecule has 0 spiro atoms. The number of esters is 1. The first-order valence-electron chi connectivity index (χ1n) is 19.3. The lowest BCUT2D eigenvalue weighted by atomic mass is 9.80. The van der Waals surface area contributed by atoms with Crippen molar-refractivity contribution in [2.24, 2.45) is 23.0 Å². The number of amides is 4. The summed E-state index contributed by atoms with van der Waals surface area (Å²) in [7, 11) is 1.98. The fourth-order valence-corrected chi connectivity index (χ4v) is 4.90. The molecular formula is C40H68F3N5O7. The number of aldehydes is 1. The number of halogens is 3. The summed E-state index contributed by atoms with van der Waals surface area (Å²) < 4.78 is 38.7. The Bertz CT molecular complexity index is 1240. The van der Waals surface area contributed by atoms with Gasteiger partial charge in [-0.15, -0.1) is 0 Å². The standard InChI is InChI=1S/C16H22N2O4.C14H24N2O2.C4H5F3.C3H8.C2H6.CH3NO/c1-16(2,3)13(10-19)18-15(21)17-9-14(20)22-11-12-7-5-4-6-8-12;1-10(17)12(9-11-5-3-6-11)15-14(18)13-7-4-8-16(13)2;5-4(6,7)3-1-2-3;1-3-2;1-2;2-1-3/h4-8,10,13H,9,11H2,1-3H3,(H2,17,18,21);11-13H,3-9H2,1-2H3,(H,15,18);3H,1-2H2;3H2,1-2H3;1-2H3;1H,(H2,2,3)/t;12?,13-;;;;/m.0..../s1. The molecule has 4 rings (SSSR count). The van der Waals surface area contributed by atoms with Crippen LogP contribution in [0.4, 0.5) is 18.0 Å². The summed E-state index contributed by atoms with van der Waals surface area (Å²) in [5.74, 6) is -0.726. The van der Waals surface area contributed by atoms with Crippen LogP contribution in [0.5, 0.6) is 0 Å². The highest BCUT2D eigenvalue weighted by Crippen LogP contribution is 2.43. The summed E-state index contributed by atoms with van der Waals surface area (Å²) in [6, 6.07) is 7.73. The van der Waals surface area contributed by atoms with Crippen molar-refractivity contribution in [3.05, 3.63) is 35.9 Å². The molecule has 1 heterocycles. The highest BCUT2D eigenvalue weighted by Gasteiger charge is 2.47. The smallest absolute Gasteiger partial charge is 0.391 e. The van der Waals surface area contributed by atoms with E-state index in [1.807, 2.05) is 72.0 Å². The average molecular weight is 788 g/mol. The monoisotopic (exact) mass is 788 g/mol. The molecule has 4 amide bonds. The molecule has 12 nitrogen and oxygen atoms in total. The van der Waals surface area contributed by atoms with Crippen molar-refractivity contribution in [3.8, 4) is 0 Å². The number of urea groups is 1. The van der Waals surface area contributed by atoms with E-state index in [1.165, 1.54) is 25.7 Å². The minimum absolute atomic E-state index is 0.0340. The quantitative estimate of drug-likeness (QED) is 0.145. The Morgan fingerprint density at radius 1 is 0.945 bits per heavy atom. The van der Waals surface area contributed by atoms with Gasteiger partial charge in [-0.3, -0.25) is 24.1 Å². The first-order valence-corrected chi connectivity index (χ1v) is 19.3. The van der Waals surface area contributed by atoms with Crippen LogP contribution in [0.25, 0.3) is 0 Å². The van der Waals surface area contributed by atoms with Gasteiger partial charge in [0.25, 0.3) is 0 Å². The normalized spacial score (nSPS) is 17.1. The van der Waals surface area contributed by atoms with Gasteiger partial charge in [0.1, 0.15) is 19.4 Å². The molecule has 2 unspecified atom stereocenters. The topological polar surface area (TPSA) is 177 Å². The number of ketones is 1. The van der Waals surface area contributed by atoms with E-state index < -0.39 is 35.6 Å². The molecule has 1 aliphatic heterocycles. The first-order chi connectivity index (χ1) is 25.8. The van der Waals surface area contributed by atoms with Gasteiger partial charge in [0.05, 0.1) is 24.0 Å². The number of carbonyl (C=O) groups excluding carboxylic acids is 6. The summed E-state index contributed by atoms with van der Waals surface area (Å²) in [5.41, 5.74) is 4.64. The number of nitrogens with two attached hydrogens (primary N) is 1. The SMILES string of the molecule is CC.CC(=O)C(CC1CCC1)NC(=O)[C@@H]1CCCN1C.CC(C)(C)C(C=O)NC(=O)NCC(=O)OCc1ccccc1.CCC.FC(F)(F)C1CC1.NC=O. The van der Waals surface area contributed by atoms with Crippen molar-refractivity contribution in [1.82, 2.24) is 20.9 Å². The molecule has 2 saturated carbocycles. The second-order valence-electron chi connectivity index (χ2n) is 14.5. The molecule has 316 valence electrons. The number of hydrogen-bond acceptors (Lipinski definition) is 8. The third-order valence-corrected chi connectivity index (χ3v) is 8.46. The zero-order chi connectivity index (χ0) is 42.6. The number of rotatable bonds is 11. The van der Waals surface area contributed by atoms with E-state index in [4.69, 9.17) is 9.53 Å². The molecule has 2 aliphatic carbocycles. The van der Waals surface area contributed by atoms with Crippen molar-refractivity contribution in [1.29, 1.82) is 0 Å². The van der Waals surface area contributed by atoms with E-state index >= 15 is 0 Å². The number of hydrogen-bond donors (Lipinski definition) is 4. The molecule has 0 aromatic heterocycles. The number of nitrogens with zero attached hydrogens (tertiary/aromatic N) is 1. The van der Waals surface area contributed by atoms with Crippen LogP contribution in [0.2, 0.25) is 0 Å². The molecule has 1 aromatic carbocycles. The van der Waals surface area contributed by atoms with E-state index in [2.05, 4.69) is 40.4 Å². The van der Waals surface area contributed by atoms with Gasteiger partial charge in [-0.25, -0.2) is 4.79 Å². The molecule has 3 fully saturated rings. The van der Waals surface area contributed by atoms with Gasteiger partial charge in [-0.05, 0) is 69.5 Å². The Labute approximate surface area is 326 Å². The Hall–Kier alpha value is -4.01. The first kappa shape index (κ1) is 53.1. The number of primary amides is 1. The van der Waals surface area contributed by atoms with Gasteiger partial charge < -0.3 is 31.2 Å². The van der Waals surface area contributed by atoms with E-state index in [9.17, 15) is 37.1 Å². The highest BCUT2D eigenvalue weighted by molar-refractivity contribution is 5.89. The average Bonchev–Trinajstić information content (AvgIpc) is 3.89. The van der Waals surface area contributed by atoms with Crippen LogP contribution in [0.1, 0.15) is 119 Å². The van der Waals surface area contributed by atoms with E-state index in [-0.39, 0.29) is 43.3 Å². The van der Waals surface area contributed by atoms with E-state index in [0.29, 0.717) is 25.0 Å². The minimum atomic E-state index is -3.89. The maximum Gasteiger partial charge on any atom is 0.391 e. The largest absolute Gasteiger partial charge is 0.460 e. The summed E-state index contributed by atoms with van der Waals surface area (Å²) in [4.78, 5) is 68.6. The predicted octanol–water partition coefficient (Wildman–Crippen LogP) is 6.49. The van der Waals surface area contributed by atoms with Crippen LogP contribution in [0, 0.1) is 17.3 Å². The Morgan fingerprint density at radius 2 is 1.49 bits per heavy atom. The van der Waals surface area contributed by atoms with Crippen molar-refractivity contribution in [2.75, 3.05) is 20.1 Å². The molecule has 3 aliphatic rings. The van der Waals surface area contributed by atoms with Crippen LogP contribution in [0.15, 0.2) is 30.3 Å². The Kier molecular flexibility index (Phi) is 28.3. The minimum Gasteiger partial charge on any atom is -0.460 e. The molecule has 3 atom stereocenters. The van der Waals surface area contributed by atoms with Gasteiger partial charge in [0.2, 0.25) is 12.3 Å². The van der Waals surface area contributed by atoms with Gasteiger partial charge in [-0.1, -0.05) is 104 Å². The number of Topliss-reactive ketones (excluding diaryl/α,β-unsaturated/α-hetero) is 1. The van der Waals surface area contributed by atoms with Crippen LogP contribution in [-0.2, 0) is 35.3 Å². The number of benzene rings is 1. The lowest BCUT2D eigenvalue weighted by molar-refractivity contribution is -0.147. The van der Waals surface area contributed by atoms with Gasteiger partial charge in [0, 0.05) is 0 Å². The highest BCUT2D eigenvalue weighted by atomic mass is 19.4. The van der Waals surface area contributed by atoms with Crippen LogP contribution in [-0.4, -0.2) is 85.7 Å². The lowest BCUT2D eigenvalue weighted by Crippen LogP contribution is -2.49. The maximum atomic E-state index is 12.2. The fourth-order valence-electron chi connectivity index (χ4n) is 4.90. The molecule has 0 radical (unpaired) electrons. The van der Waals surface area contributed by atoms with Crippen molar-refractivity contribution >= 4 is 36.4 Å². The van der Waals surface area contributed by atoms with Gasteiger partial charge >= 0.3 is 18.2 Å². The van der Waals surface area contributed by atoms with Crippen LogP contribution >= 0.6 is 0 Å². The molecule has 15 heteroatoms. The van der Waals surface area contributed by atoms with Gasteiger partial charge in [0.15, 0.2) is 5.78 Å². The fraction of sp³-hybridized carbons (Fsp3) is 0.700. The molecule has 1 aromatic rings. The Morgan fingerprint density at radius 3 is 1.85 bits per heavy atom. The van der Waals surface area contributed by atoms with Crippen LogP contribution in [0.3, 0.4) is 0 Å². The lowest BCUT2D eigenvalue weighted by Gasteiger charge is -2.30.